The number of hydrogen-bond acceptors (Lipinski definition) is 7. The van der Waals surface area contributed by atoms with E-state index in [-0.39, 0.29) is 46.3 Å². The Hall–Kier alpha value is -2.17. The number of rotatable bonds is 7. The zero-order valence-electron chi connectivity index (χ0n) is 22.7. The first-order valence-corrected chi connectivity index (χ1v) is 13.4. The summed E-state index contributed by atoms with van der Waals surface area (Å²) >= 11 is 2.83. The standard InChI is InChI=1S/C27H32N4O3S2.Na/c1-26(2,3)16-34-22-17(9-8-10-19(22)33-7)11-12-18-21(31-13-14-35-25(31)28-18)23(32)30-24-29-20(15-36-24)27(4,5)6;/h8-15H,16H2,1-7H3,(H,29,30,32);/q;+1/p-1/b12-11+;. The van der Waals surface area contributed by atoms with Gasteiger partial charge in [-0.05, 0) is 40.1 Å². The summed E-state index contributed by atoms with van der Waals surface area (Å²) in [4.78, 5) is 23.3. The predicted octanol–water partition coefficient (Wildman–Crippen LogP) is 4.60. The second-order valence-corrected chi connectivity index (χ2v) is 12.4. The third-order valence-electron chi connectivity index (χ3n) is 5.25. The van der Waals surface area contributed by atoms with E-state index in [2.05, 4.69) is 56.8 Å². The van der Waals surface area contributed by atoms with Crippen molar-refractivity contribution in [3.8, 4) is 11.5 Å². The number of carbonyl (C=O) groups excluding carboxylic acids is 1. The van der Waals surface area contributed by atoms with E-state index < -0.39 is 0 Å². The van der Waals surface area contributed by atoms with Crippen molar-refractivity contribution in [3.63, 3.8) is 0 Å². The molecule has 4 rings (SSSR count). The summed E-state index contributed by atoms with van der Waals surface area (Å²) in [6.07, 6.45) is 5.55. The van der Waals surface area contributed by atoms with Crippen molar-refractivity contribution in [2.24, 2.45) is 5.41 Å². The van der Waals surface area contributed by atoms with E-state index in [0.717, 1.165) is 16.2 Å². The second kappa shape index (κ2) is 11.7. The number of aromatic nitrogens is 3. The van der Waals surface area contributed by atoms with Crippen molar-refractivity contribution in [1.82, 2.24) is 14.4 Å². The van der Waals surface area contributed by atoms with Gasteiger partial charge >= 0.3 is 29.6 Å². The summed E-state index contributed by atoms with van der Waals surface area (Å²) in [7, 11) is 1.62. The molecule has 0 radical (unpaired) electrons. The van der Waals surface area contributed by atoms with Crippen LogP contribution in [0.2, 0.25) is 0 Å². The molecule has 0 N–H and O–H groups in total. The van der Waals surface area contributed by atoms with Gasteiger partial charge in [0.05, 0.1) is 19.4 Å². The fourth-order valence-electron chi connectivity index (χ4n) is 3.37. The van der Waals surface area contributed by atoms with Gasteiger partial charge in [-0.2, -0.15) is 11.3 Å². The van der Waals surface area contributed by atoms with Crippen molar-refractivity contribution < 1.29 is 43.8 Å². The average Bonchev–Trinajstić information content (AvgIpc) is 3.51. The molecular weight excluding hydrogens is 515 g/mol. The van der Waals surface area contributed by atoms with Gasteiger partial charge in [0.2, 0.25) is 0 Å². The summed E-state index contributed by atoms with van der Waals surface area (Å²) < 4.78 is 13.5. The summed E-state index contributed by atoms with van der Waals surface area (Å²) in [5.41, 5.74) is 2.55. The molecule has 4 aromatic rings. The Labute approximate surface area is 248 Å². The Morgan fingerprint density at radius 2 is 1.86 bits per heavy atom. The molecule has 3 aromatic heterocycles. The summed E-state index contributed by atoms with van der Waals surface area (Å²) in [6, 6.07) is 5.73. The van der Waals surface area contributed by atoms with Crippen molar-refractivity contribution in [2.45, 2.75) is 47.0 Å². The smallest absolute Gasteiger partial charge is 0.493 e. The molecule has 3 heterocycles. The number of carbonyl (C=O) groups is 1. The number of fused-ring (bicyclic) bond motifs is 1. The van der Waals surface area contributed by atoms with Crippen molar-refractivity contribution in [1.29, 1.82) is 0 Å². The van der Waals surface area contributed by atoms with Crippen molar-refractivity contribution >= 4 is 50.8 Å². The quantitative estimate of drug-likeness (QED) is 0.317. The molecule has 0 spiro atoms. The van der Waals surface area contributed by atoms with Gasteiger partial charge in [0.1, 0.15) is 5.69 Å². The summed E-state index contributed by atoms with van der Waals surface area (Å²) in [6.45, 7) is 13.1. The zero-order valence-corrected chi connectivity index (χ0v) is 26.3. The average molecular weight is 547 g/mol. The number of nitrogens with zero attached hydrogens (tertiary/aromatic N) is 4. The number of benzene rings is 1. The van der Waals surface area contributed by atoms with Gasteiger partial charge in [0.25, 0.3) is 0 Å². The molecule has 1 amide bonds. The Morgan fingerprint density at radius 1 is 1.11 bits per heavy atom. The molecule has 190 valence electrons. The van der Waals surface area contributed by atoms with E-state index in [0.29, 0.717) is 34.6 Å². The van der Waals surface area contributed by atoms with Crippen LogP contribution in [0.5, 0.6) is 11.5 Å². The molecule has 0 atom stereocenters. The minimum absolute atomic E-state index is 0. The Balaban J connectivity index is 0.00000380. The molecule has 0 fully saturated rings. The van der Waals surface area contributed by atoms with E-state index in [1.54, 1.807) is 11.5 Å². The predicted molar refractivity (Wildman–Crippen MR) is 148 cm³/mol. The van der Waals surface area contributed by atoms with Gasteiger partial charge < -0.3 is 19.8 Å². The van der Waals surface area contributed by atoms with Gasteiger partial charge in [0.15, 0.2) is 22.4 Å². The minimum Gasteiger partial charge on any atom is -0.493 e. The fourth-order valence-corrected chi connectivity index (χ4v) is 5.00. The van der Waals surface area contributed by atoms with Gasteiger partial charge in [-0.15, -0.1) is 11.3 Å². The molecule has 0 aliphatic heterocycles. The molecule has 0 bridgehead atoms. The topological polar surface area (TPSA) is 79.8 Å². The molecule has 0 aliphatic carbocycles. The minimum atomic E-state index is -0.384. The van der Waals surface area contributed by atoms with Crippen LogP contribution in [0, 0.1) is 5.41 Å². The number of methoxy groups -OCH3 is 1. The molecule has 7 nitrogen and oxygen atoms in total. The van der Waals surface area contributed by atoms with Crippen LogP contribution in [-0.4, -0.2) is 34.0 Å². The van der Waals surface area contributed by atoms with Crippen LogP contribution in [0.4, 0.5) is 5.13 Å². The van der Waals surface area contributed by atoms with Crippen LogP contribution in [0.15, 0.2) is 35.2 Å². The third kappa shape index (κ3) is 7.03. The fraction of sp³-hybridized carbons (Fsp3) is 0.370. The molecular formula is C27H31N4NaO3S2. The first-order chi connectivity index (χ1) is 17.0. The zero-order chi connectivity index (χ0) is 26.1. The number of hydrogen-bond donors (Lipinski definition) is 0. The van der Waals surface area contributed by atoms with Gasteiger partial charge in [-0.3, -0.25) is 9.20 Å². The largest absolute Gasteiger partial charge is 1.00 e. The molecule has 37 heavy (non-hydrogen) atoms. The van der Waals surface area contributed by atoms with Gasteiger partial charge in [-0.25, -0.2) is 4.98 Å². The summed E-state index contributed by atoms with van der Waals surface area (Å²) in [5.74, 6) is 0.921. The maximum atomic E-state index is 13.3. The monoisotopic (exact) mass is 546 g/mol. The molecule has 10 heteroatoms. The van der Waals surface area contributed by atoms with Crippen LogP contribution in [0.25, 0.3) is 22.4 Å². The first kappa shape index (κ1) is 29.4. The van der Waals surface area contributed by atoms with Crippen molar-refractivity contribution in [2.75, 3.05) is 13.7 Å². The second-order valence-electron chi connectivity index (χ2n) is 10.6. The van der Waals surface area contributed by atoms with E-state index in [1.807, 2.05) is 47.3 Å². The number of thiazole rings is 2. The van der Waals surface area contributed by atoms with Crippen LogP contribution < -0.4 is 39.0 Å². The van der Waals surface area contributed by atoms with E-state index in [9.17, 15) is 4.79 Å². The molecule has 0 saturated heterocycles. The van der Waals surface area contributed by atoms with Gasteiger partial charge in [0, 0.05) is 22.3 Å². The number of amides is 1. The van der Waals surface area contributed by atoms with Crippen LogP contribution >= 0.6 is 22.7 Å². The van der Waals surface area contributed by atoms with Crippen molar-refractivity contribution in [3.05, 3.63) is 63.1 Å². The Bertz CT molecular complexity index is 1410. The number of ether oxygens (including phenoxy) is 2. The van der Waals surface area contributed by atoms with Crippen LogP contribution in [-0.2, 0) is 5.41 Å². The Morgan fingerprint density at radius 3 is 2.51 bits per heavy atom. The van der Waals surface area contributed by atoms with Crippen LogP contribution in [0.1, 0.15) is 69.0 Å². The van der Waals surface area contributed by atoms with Crippen LogP contribution in [0.3, 0.4) is 0 Å². The first-order valence-electron chi connectivity index (χ1n) is 11.6. The Kier molecular flexibility index (Phi) is 9.29. The van der Waals surface area contributed by atoms with E-state index in [1.165, 1.54) is 22.7 Å². The van der Waals surface area contributed by atoms with E-state index in [4.69, 9.17) is 9.47 Å². The normalized spacial score (nSPS) is 12.1. The summed E-state index contributed by atoms with van der Waals surface area (Å²) in [5, 5.41) is 8.60. The maximum absolute atomic E-state index is 13.3. The SMILES string of the molecule is COc1cccc(/C=C/c2nc3sccn3c2C(=O)[N-]c2nc(C(C)(C)C)cs2)c1OCC(C)(C)C.[Na+]. The molecule has 1 aromatic carbocycles. The third-order valence-corrected chi connectivity index (χ3v) is 6.74. The molecule has 0 saturated carbocycles. The van der Waals surface area contributed by atoms with E-state index >= 15 is 0 Å². The van der Waals surface area contributed by atoms with Gasteiger partial charge in [-0.1, -0.05) is 53.7 Å². The maximum Gasteiger partial charge on any atom is 1.00 e. The number of para-hydroxylation sites is 1. The molecule has 0 unspecified atom stereocenters. The number of imidazole rings is 1. The molecule has 0 aliphatic rings.